The van der Waals surface area contributed by atoms with Crippen LogP contribution in [0.3, 0.4) is 0 Å². The van der Waals surface area contributed by atoms with Gasteiger partial charge in [-0.1, -0.05) is 0 Å². The van der Waals surface area contributed by atoms with Crippen LogP contribution in [0, 0.1) is 0 Å². The zero-order chi connectivity index (χ0) is 42.1. The molecule has 2 aliphatic rings. The standard InChI is InChI=1S/C20H24BrN7O2.C20H25N7O2/c1-20(2,3)30-19(29)27-8-4-5-12(11-27)16-15(21)17(22)28-18(26-16)13(9-25-28)14-10-23-6-7-24-14;1-20(2,3)29-19(28)26-8-4-5-13(12-26)15-9-17(21)27-18(25-15)14(10-24-27)16-11-22-6-7-23-16/h6-7,9-10,12H,4-5,8,11,22H2,1-3H3;6-7,9-11,13H,4-5,8,12,21H2,1-3H3. The number of carbonyl (C=O) groups is 2. The third-order valence-electron chi connectivity index (χ3n) is 9.80. The summed E-state index contributed by atoms with van der Waals surface area (Å²) in [5.41, 5.74) is 17.3. The van der Waals surface area contributed by atoms with Gasteiger partial charge in [-0.25, -0.2) is 19.6 Å². The number of rotatable bonds is 4. The minimum absolute atomic E-state index is 0.0255. The van der Waals surface area contributed by atoms with E-state index in [1.165, 1.54) is 0 Å². The normalized spacial score (nSPS) is 17.4. The summed E-state index contributed by atoms with van der Waals surface area (Å²) in [7, 11) is 0. The molecule has 2 saturated heterocycles. The van der Waals surface area contributed by atoms with E-state index in [1.807, 2.05) is 47.6 Å². The fourth-order valence-corrected chi connectivity index (χ4v) is 7.72. The number of ether oxygens (including phenoxy) is 2. The van der Waals surface area contributed by atoms with E-state index in [0.29, 0.717) is 65.0 Å². The number of likely N-dealkylation sites (tertiary alicyclic amines) is 2. The van der Waals surface area contributed by atoms with Gasteiger partial charge in [0, 0.05) is 68.9 Å². The molecule has 0 bridgehead atoms. The van der Waals surface area contributed by atoms with Crippen LogP contribution in [0.5, 0.6) is 0 Å². The number of anilines is 2. The number of nitrogen functional groups attached to an aromatic ring is 2. The van der Waals surface area contributed by atoms with Gasteiger partial charge >= 0.3 is 12.2 Å². The Morgan fingerprint density at radius 1 is 0.712 bits per heavy atom. The van der Waals surface area contributed by atoms with Gasteiger partial charge in [0.2, 0.25) is 0 Å². The molecule has 18 nitrogen and oxygen atoms in total. The minimum Gasteiger partial charge on any atom is -0.444 e. The predicted molar refractivity (Wildman–Crippen MR) is 224 cm³/mol. The maximum Gasteiger partial charge on any atom is 0.410 e. The van der Waals surface area contributed by atoms with Crippen LogP contribution in [0.4, 0.5) is 21.2 Å². The molecular weight excluding hydrogens is 820 g/mol. The van der Waals surface area contributed by atoms with Gasteiger partial charge < -0.3 is 30.7 Å². The number of carbonyl (C=O) groups excluding carboxylic acids is 2. The molecule has 59 heavy (non-hydrogen) atoms. The summed E-state index contributed by atoms with van der Waals surface area (Å²) in [6.45, 7) is 13.6. The van der Waals surface area contributed by atoms with Crippen LogP contribution in [0.2, 0.25) is 0 Å². The highest BCUT2D eigenvalue weighted by atomic mass is 79.9. The van der Waals surface area contributed by atoms with E-state index in [4.69, 9.17) is 30.9 Å². The molecular formula is C40H49BrN14O4. The summed E-state index contributed by atoms with van der Waals surface area (Å²) in [5, 5.41) is 8.71. The molecule has 4 N–H and O–H groups in total. The first-order chi connectivity index (χ1) is 28.1. The molecule has 2 atom stereocenters. The maximum absolute atomic E-state index is 12.6. The van der Waals surface area contributed by atoms with E-state index in [2.05, 4.69) is 46.1 Å². The highest BCUT2D eigenvalue weighted by Gasteiger charge is 2.32. The van der Waals surface area contributed by atoms with Crippen molar-refractivity contribution in [3.63, 3.8) is 0 Å². The smallest absolute Gasteiger partial charge is 0.410 e. The van der Waals surface area contributed by atoms with Crippen molar-refractivity contribution >= 4 is 51.0 Å². The number of aromatic nitrogens is 10. The Labute approximate surface area is 349 Å². The van der Waals surface area contributed by atoms with Crippen molar-refractivity contribution in [1.29, 1.82) is 0 Å². The highest BCUT2D eigenvalue weighted by Crippen LogP contribution is 2.36. The van der Waals surface area contributed by atoms with Crippen LogP contribution >= 0.6 is 15.9 Å². The Bertz CT molecular complexity index is 2450. The average Bonchev–Trinajstić information content (AvgIpc) is 3.84. The Kier molecular flexibility index (Phi) is 11.7. The number of nitrogens with two attached hydrogens (primary N) is 2. The topological polar surface area (TPSA) is 223 Å². The number of halogens is 1. The number of fused-ring (bicyclic) bond motifs is 2. The molecule has 6 aromatic rings. The van der Waals surface area contributed by atoms with Gasteiger partial charge in [0.05, 0.1) is 63.2 Å². The summed E-state index contributed by atoms with van der Waals surface area (Å²) in [5.74, 6) is 1.06. The summed E-state index contributed by atoms with van der Waals surface area (Å²) in [6.07, 6.45) is 16.2. The molecule has 8 rings (SSSR count). The number of piperidine rings is 2. The molecule has 0 radical (unpaired) electrons. The summed E-state index contributed by atoms with van der Waals surface area (Å²) < 4.78 is 15.0. The average molecular weight is 870 g/mol. The van der Waals surface area contributed by atoms with E-state index < -0.39 is 11.2 Å². The first-order valence-corrected chi connectivity index (χ1v) is 20.3. The lowest BCUT2D eigenvalue weighted by Crippen LogP contribution is -2.42. The minimum atomic E-state index is -0.532. The first kappa shape index (κ1) is 41.2. The van der Waals surface area contributed by atoms with E-state index in [-0.39, 0.29) is 24.0 Å². The Balaban J connectivity index is 0.000000179. The highest BCUT2D eigenvalue weighted by molar-refractivity contribution is 9.10. The number of hydrogen-bond donors (Lipinski definition) is 2. The third kappa shape index (κ3) is 9.34. The molecule has 2 aliphatic heterocycles. The van der Waals surface area contributed by atoms with E-state index >= 15 is 0 Å². The van der Waals surface area contributed by atoms with Gasteiger partial charge in [0.1, 0.15) is 22.8 Å². The maximum atomic E-state index is 12.6. The van der Waals surface area contributed by atoms with Crippen LogP contribution < -0.4 is 11.5 Å². The lowest BCUT2D eigenvalue weighted by atomic mass is 9.94. The molecule has 0 aromatic carbocycles. The van der Waals surface area contributed by atoms with Crippen LogP contribution in [0.25, 0.3) is 33.8 Å². The van der Waals surface area contributed by atoms with Crippen LogP contribution in [0.15, 0.2) is 60.1 Å². The Morgan fingerprint density at radius 2 is 1.22 bits per heavy atom. The van der Waals surface area contributed by atoms with Crippen molar-refractivity contribution in [3.8, 4) is 22.5 Å². The lowest BCUT2D eigenvalue weighted by Gasteiger charge is -2.34. The van der Waals surface area contributed by atoms with Crippen molar-refractivity contribution in [2.75, 3.05) is 37.6 Å². The van der Waals surface area contributed by atoms with Gasteiger partial charge in [-0.2, -0.15) is 19.2 Å². The fourth-order valence-electron chi connectivity index (χ4n) is 7.14. The van der Waals surface area contributed by atoms with Gasteiger partial charge in [-0.05, 0) is 83.2 Å². The van der Waals surface area contributed by atoms with Crippen LogP contribution in [-0.2, 0) is 9.47 Å². The second kappa shape index (κ2) is 16.7. The van der Waals surface area contributed by atoms with Crippen LogP contribution in [-0.4, -0.2) is 108 Å². The Hall–Kier alpha value is -5.98. The second-order valence-electron chi connectivity index (χ2n) is 16.6. The lowest BCUT2D eigenvalue weighted by molar-refractivity contribution is 0.0187. The van der Waals surface area contributed by atoms with Crippen molar-refractivity contribution < 1.29 is 19.1 Å². The van der Waals surface area contributed by atoms with Crippen molar-refractivity contribution in [2.45, 2.75) is 90.3 Å². The molecule has 8 heterocycles. The quantitative estimate of drug-likeness (QED) is 0.192. The predicted octanol–water partition coefficient (Wildman–Crippen LogP) is 6.53. The zero-order valence-corrected chi connectivity index (χ0v) is 35.6. The largest absolute Gasteiger partial charge is 0.444 e. The number of nitrogens with zero attached hydrogens (tertiary/aromatic N) is 12. The first-order valence-electron chi connectivity index (χ1n) is 19.5. The van der Waals surface area contributed by atoms with E-state index in [0.717, 1.165) is 48.2 Å². The SMILES string of the molecule is CC(C)(C)OC(=O)N1CCCC(c2cc(N)n3ncc(-c4cnccn4)c3n2)C1.CC(C)(C)OC(=O)N1CCCC(c2nc3c(-c4cnccn4)cnn3c(N)c2Br)C1. The van der Waals surface area contributed by atoms with Gasteiger partial charge in [-0.15, -0.1) is 0 Å². The van der Waals surface area contributed by atoms with Gasteiger partial charge in [0.25, 0.3) is 0 Å². The molecule has 6 aromatic heterocycles. The molecule has 19 heteroatoms. The van der Waals surface area contributed by atoms with E-state index in [1.54, 1.807) is 68.4 Å². The van der Waals surface area contributed by atoms with Crippen molar-refractivity contribution in [1.82, 2.24) is 58.9 Å². The van der Waals surface area contributed by atoms with E-state index in [9.17, 15) is 9.59 Å². The van der Waals surface area contributed by atoms with Gasteiger partial charge in [-0.3, -0.25) is 19.9 Å². The number of hydrogen-bond acceptors (Lipinski definition) is 14. The molecule has 0 saturated carbocycles. The molecule has 310 valence electrons. The van der Waals surface area contributed by atoms with Crippen molar-refractivity contribution in [2.24, 2.45) is 0 Å². The zero-order valence-electron chi connectivity index (χ0n) is 34.0. The summed E-state index contributed by atoms with van der Waals surface area (Å²) in [4.78, 5) is 55.3. The fraction of sp³-hybridized carbons (Fsp3) is 0.450. The molecule has 2 unspecified atom stereocenters. The second-order valence-corrected chi connectivity index (χ2v) is 17.4. The molecule has 2 amide bonds. The molecule has 0 aliphatic carbocycles. The number of amides is 2. The van der Waals surface area contributed by atoms with Crippen LogP contribution in [0.1, 0.15) is 90.4 Å². The molecule has 0 spiro atoms. The third-order valence-corrected chi connectivity index (χ3v) is 10.6. The Morgan fingerprint density at radius 3 is 1.75 bits per heavy atom. The monoisotopic (exact) mass is 868 g/mol. The van der Waals surface area contributed by atoms with Gasteiger partial charge in [0.15, 0.2) is 11.3 Å². The van der Waals surface area contributed by atoms with Crippen molar-refractivity contribution in [3.05, 3.63) is 71.5 Å². The summed E-state index contributed by atoms with van der Waals surface area (Å²) in [6, 6.07) is 1.84. The molecule has 2 fully saturated rings. The summed E-state index contributed by atoms with van der Waals surface area (Å²) >= 11 is 3.60.